The van der Waals surface area contributed by atoms with Crippen LogP contribution in [0.25, 0.3) is 11.1 Å². The number of methoxy groups -OCH3 is 1. The zero-order chi connectivity index (χ0) is 31.3. The molecule has 1 aliphatic carbocycles. The molecule has 0 aromatic heterocycles. The number of likely N-dealkylation sites (N-methyl/N-ethyl adjacent to an activating group) is 1. The van der Waals surface area contributed by atoms with Gasteiger partial charge in [0.1, 0.15) is 18.2 Å². The topological polar surface area (TPSA) is 111 Å². The van der Waals surface area contributed by atoms with Crippen LogP contribution in [0.3, 0.4) is 0 Å². The first-order valence-electron chi connectivity index (χ1n) is 13.8. The molecule has 1 N–H and O–H groups in total. The van der Waals surface area contributed by atoms with Crippen LogP contribution in [-0.4, -0.2) is 61.2 Å². The molecule has 10 heteroatoms. The van der Waals surface area contributed by atoms with Crippen LogP contribution in [0.15, 0.2) is 66.7 Å². The summed E-state index contributed by atoms with van der Waals surface area (Å²) in [6, 6.07) is 19.8. The molecular weight excluding hydrogens is 663 g/mol. The largest absolute Gasteiger partial charge is 0.469 e. The Morgan fingerprint density at radius 1 is 0.953 bits per heavy atom. The average Bonchev–Trinajstić information content (AvgIpc) is 3.29. The van der Waals surface area contributed by atoms with Crippen molar-refractivity contribution in [2.45, 2.75) is 51.3 Å². The molecule has 0 spiro atoms. The normalized spacial score (nSPS) is 12.9. The van der Waals surface area contributed by atoms with Crippen molar-refractivity contribution in [3.05, 3.63) is 92.6 Å². The van der Waals surface area contributed by atoms with Crippen LogP contribution in [0.5, 0.6) is 0 Å². The first-order chi connectivity index (χ1) is 20.4. The number of esters is 2. The van der Waals surface area contributed by atoms with Crippen LogP contribution in [0, 0.1) is 3.57 Å². The summed E-state index contributed by atoms with van der Waals surface area (Å²) >= 11 is 2.12. The molecule has 0 bridgehead atoms. The van der Waals surface area contributed by atoms with Crippen molar-refractivity contribution in [3.63, 3.8) is 0 Å². The maximum atomic E-state index is 13.5. The van der Waals surface area contributed by atoms with E-state index in [1.807, 2.05) is 48.5 Å². The molecule has 1 aliphatic rings. The number of hydrogen-bond acceptors (Lipinski definition) is 7. The van der Waals surface area contributed by atoms with Crippen LogP contribution in [0.2, 0.25) is 0 Å². The molecule has 0 heterocycles. The van der Waals surface area contributed by atoms with Crippen molar-refractivity contribution in [1.29, 1.82) is 0 Å². The second-order valence-corrected chi connectivity index (χ2v) is 12.5. The zero-order valence-corrected chi connectivity index (χ0v) is 27.0. The van der Waals surface area contributed by atoms with Crippen molar-refractivity contribution >= 4 is 46.5 Å². The SMILES string of the molecule is COC(=O)C[C@H](NC(=O)OCC1c2ccccc2-c2ccccc21)C(=O)N(C)Cc1cc(C(=O)OC(C)(C)C)ccc1I. The quantitative estimate of drug-likeness (QED) is 0.174. The third-order valence-electron chi connectivity index (χ3n) is 7.00. The predicted molar refractivity (Wildman–Crippen MR) is 169 cm³/mol. The number of nitrogens with zero attached hydrogens (tertiary/aromatic N) is 1. The Kier molecular flexibility index (Phi) is 10.1. The number of amides is 2. The third kappa shape index (κ3) is 7.92. The van der Waals surface area contributed by atoms with E-state index in [-0.39, 0.29) is 25.5 Å². The van der Waals surface area contributed by atoms with Crippen LogP contribution in [0.4, 0.5) is 4.79 Å². The molecule has 0 unspecified atom stereocenters. The van der Waals surface area contributed by atoms with Crippen LogP contribution in [0.1, 0.15) is 60.2 Å². The number of nitrogens with one attached hydrogen (secondary N) is 1. The Hall–Kier alpha value is -3.93. The van der Waals surface area contributed by atoms with Crippen molar-refractivity contribution in [2.24, 2.45) is 0 Å². The molecule has 2 amide bonds. The van der Waals surface area contributed by atoms with Crippen molar-refractivity contribution < 1.29 is 33.4 Å². The van der Waals surface area contributed by atoms with Gasteiger partial charge in [0.2, 0.25) is 5.91 Å². The van der Waals surface area contributed by atoms with Gasteiger partial charge in [-0.2, -0.15) is 0 Å². The maximum absolute atomic E-state index is 13.5. The molecular formula is C33H35IN2O7. The lowest BCUT2D eigenvalue weighted by Gasteiger charge is -2.25. The molecule has 226 valence electrons. The summed E-state index contributed by atoms with van der Waals surface area (Å²) in [6.07, 6.45) is -1.20. The van der Waals surface area contributed by atoms with Crippen LogP contribution in [-0.2, 0) is 30.3 Å². The predicted octanol–water partition coefficient (Wildman–Crippen LogP) is 5.68. The molecule has 0 radical (unpaired) electrons. The number of fused-ring (bicyclic) bond motifs is 3. The summed E-state index contributed by atoms with van der Waals surface area (Å²) in [5.74, 6) is -1.81. The first kappa shape index (κ1) is 32.0. The highest BCUT2D eigenvalue weighted by Gasteiger charge is 2.31. The minimum absolute atomic E-state index is 0.0600. The molecule has 3 aromatic rings. The van der Waals surface area contributed by atoms with E-state index in [0.29, 0.717) is 11.1 Å². The van der Waals surface area contributed by atoms with E-state index in [1.54, 1.807) is 46.0 Å². The van der Waals surface area contributed by atoms with Gasteiger partial charge in [-0.15, -0.1) is 0 Å². The van der Waals surface area contributed by atoms with Gasteiger partial charge < -0.3 is 24.4 Å². The van der Waals surface area contributed by atoms with Gasteiger partial charge in [-0.05, 0) is 89.4 Å². The van der Waals surface area contributed by atoms with Crippen molar-refractivity contribution in [1.82, 2.24) is 10.2 Å². The van der Waals surface area contributed by atoms with Crippen molar-refractivity contribution in [2.75, 3.05) is 20.8 Å². The molecule has 0 saturated heterocycles. The van der Waals surface area contributed by atoms with Crippen molar-refractivity contribution in [3.8, 4) is 11.1 Å². The zero-order valence-electron chi connectivity index (χ0n) is 24.8. The number of rotatable bonds is 9. The molecule has 0 fully saturated rings. The highest BCUT2D eigenvalue weighted by Crippen LogP contribution is 2.44. The molecule has 1 atom stereocenters. The average molecular weight is 699 g/mol. The highest BCUT2D eigenvalue weighted by atomic mass is 127. The number of hydrogen-bond donors (Lipinski definition) is 1. The number of carbonyl (C=O) groups is 4. The first-order valence-corrected chi connectivity index (χ1v) is 14.9. The van der Waals surface area contributed by atoms with Gasteiger partial charge in [0, 0.05) is 23.1 Å². The molecule has 9 nitrogen and oxygen atoms in total. The standard InChI is InChI=1S/C33H35IN2O7/c1-33(2,3)43-31(39)20-14-15-27(34)21(16-20)18-36(4)30(38)28(17-29(37)41-5)35-32(40)42-19-26-24-12-8-6-10-22(24)23-11-7-9-13-25(23)26/h6-16,26,28H,17-19H2,1-5H3,(H,35,40)/t28-/m0/s1. The van der Waals surface area contributed by atoms with E-state index in [0.717, 1.165) is 25.8 Å². The van der Waals surface area contributed by atoms with E-state index < -0.39 is 35.6 Å². The Balaban J connectivity index is 1.45. The molecule has 3 aromatic carbocycles. The second kappa shape index (κ2) is 13.6. The van der Waals surface area contributed by atoms with E-state index in [9.17, 15) is 19.2 Å². The maximum Gasteiger partial charge on any atom is 0.407 e. The van der Waals surface area contributed by atoms with E-state index in [1.165, 1.54) is 12.0 Å². The molecule has 0 aliphatic heterocycles. The van der Waals surface area contributed by atoms with Crippen LogP contribution >= 0.6 is 22.6 Å². The molecule has 4 rings (SSSR count). The number of ether oxygens (including phenoxy) is 3. The molecule has 43 heavy (non-hydrogen) atoms. The fraction of sp³-hybridized carbons (Fsp3) is 0.333. The number of halogens is 1. The Morgan fingerprint density at radius 3 is 2.14 bits per heavy atom. The Bertz CT molecular complexity index is 1490. The van der Waals surface area contributed by atoms with E-state index >= 15 is 0 Å². The lowest BCUT2D eigenvalue weighted by atomic mass is 9.98. The van der Waals surface area contributed by atoms with Gasteiger partial charge in [0.05, 0.1) is 19.1 Å². The highest BCUT2D eigenvalue weighted by molar-refractivity contribution is 14.1. The summed E-state index contributed by atoms with van der Waals surface area (Å²) < 4.78 is 16.7. The summed E-state index contributed by atoms with van der Waals surface area (Å²) in [4.78, 5) is 52.6. The number of alkyl carbamates (subject to hydrolysis) is 1. The minimum atomic E-state index is -1.22. The summed E-state index contributed by atoms with van der Waals surface area (Å²) in [7, 11) is 2.77. The van der Waals surface area contributed by atoms with Gasteiger partial charge in [-0.1, -0.05) is 48.5 Å². The fourth-order valence-electron chi connectivity index (χ4n) is 4.99. The van der Waals surface area contributed by atoms with Gasteiger partial charge >= 0.3 is 18.0 Å². The van der Waals surface area contributed by atoms with Gasteiger partial charge in [0.25, 0.3) is 0 Å². The second-order valence-electron chi connectivity index (χ2n) is 11.3. The lowest BCUT2D eigenvalue weighted by Crippen LogP contribution is -2.48. The number of carbonyl (C=O) groups excluding carboxylic acids is 4. The summed E-state index contributed by atoms with van der Waals surface area (Å²) in [6.45, 7) is 5.55. The van der Waals surface area contributed by atoms with Gasteiger partial charge in [-0.3, -0.25) is 9.59 Å². The third-order valence-corrected chi connectivity index (χ3v) is 8.05. The lowest BCUT2D eigenvalue weighted by molar-refractivity contribution is -0.144. The number of benzene rings is 3. The smallest absolute Gasteiger partial charge is 0.407 e. The summed E-state index contributed by atoms with van der Waals surface area (Å²) in [5, 5.41) is 2.56. The fourth-order valence-corrected chi connectivity index (χ4v) is 5.50. The monoisotopic (exact) mass is 698 g/mol. The van der Waals surface area contributed by atoms with Gasteiger partial charge in [-0.25, -0.2) is 9.59 Å². The molecule has 0 saturated carbocycles. The van der Waals surface area contributed by atoms with E-state index in [4.69, 9.17) is 14.2 Å². The van der Waals surface area contributed by atoms with E-state index in [2.05, 4.69) is 27.9 Å². The summed E-state index contributed by atoms with van der Waals surface area (Å²) in [5.41, 5.74) is 4.71. The van der Waals surface area contributed by atoms with Crippen LogP contribution < -0.4 is 5.32 Å². The van der Waals surface area contributed by atoms with Gasteiger partial charge in [0.15, 0.2) is 0 Å². The minimum Gasteiger partial charge on any atom is -0.469 e. The Morgan fingerprint density at radius 2 is 1.56 bits per heavy atom. The Labute approximate surface area is 265 Å².